The Bertz CT molecular complexity index is 612. The molecule has 0 bridgehead atoms. The molecular formula is C17H18ClNO. The van der Waals surface area contributed by atoms with E-state index in [1.54, 1.807) is 6.07 Å². The Morgan fingerprint density at radius 3 is 2.90 bits per heavy atom. The Morgan fingerprint density at radius 2 is 2.05 bits per heavy atom. The molecule has 2 N–H and O–H groups in total. The quantitative estimate of drug-likeness (QED) is 0.843. The summed E-state index contributed by atoms with van der Waals surface area (Å²) in [6.07, 6.45) is 3.58. The number of fused-ring (bicyclic) bond motifs is 1. The van der Waals surface area contributed by atoms with E-state index in [9.17, 15) is 0 Å². The highest BCUT2D eigenvalue weighted by atomic mass is 35.5. The second kappa shape index (κ2) is 5.86. The number of benzene rings is 2. The molecule has 1 aliphatic rings. The molecule has 0 heterocycles. The van der Waals surface area contributed by atoms with Crippen LogP contribution in [0.3, 0.4) is 0 Å². The summed E-state index contributed by atoms with van der Waals surface area (Å²) in [5.74, 6) is 0. The van der Waals surface area contributed by atoms with Crippen LogP contribution in [0.25, 0.3) is 0 Å². The molecule has 1 unspecified atom stereocenters. The van der Waals surface area contributed by atoms with Gasteiger partial charge in [0, 0.05) is 10.7 Å². The van der Waals surface area contributed by atoms with Crippen LogP contribution in [0.4, 0.5) is 5.69 Å². The lowest BCUT2D eigenvalue weighted by Gasteiger charge is -2.25. The third-order valence-corrected chi connectivity index (χ3v) is 4.18. The zero-order valence-electron chi connectivity index (χ0n) is 11.3. The Kier molecular flexibility index (Phi) is 3.95. The number of hydrogen-bond acceptors (Lipinski definition) is 2. The number of nitrogen functional groups attached to an aromatic ring is 1. The molecule has 2 aromatic rings. The van der Waals surface area contributed by atoms with E-state index in [0.717, 1.165) is 18.4 Å². The molecule has 0 aromatic heterocycles. The van der Waals surface area contributed by atoms with Gasteiger partial charge in [-0.3, -0.25) is 0 Å². The summed E-state index contributed by atoms with van der Waals surface area (Å²) in [6, 6.07) is 14.1. The molecule has 0 saturated carbocycles. The molecule has 0 spiro atoms. The molecule has 104 valence electrons. The van der Waals surface area contributed by atoms with Crippen molar-refractivity contribution in [3.05, 3.63) is 64.2 Å². The van der Waals surface area contributed by atoms with Crippen LogP contribution in [-0.4, -0.2) is 0 Å². The first-order chi connectivity index (χ1) is 9.74. The summed E-state index contributed by atoms with van der Waals surface area (Å²) in [7, 11) is 0. The number of ether oxygens (including phenoxy) is 1. The molecule has 0 radical (unpaired) electrons. The summed E-state index contributed by atoms with van der Waals surface area (Å²) < 4.78 is 6.09. The van der Waals surface area contributed by atoms with Crippen LogP contribution >= 0.6 is 11.6 Å². The second-order valence-corrected chi connectivity index (χ2v) is 5.65. The van der Waals surface area contributed by atoms with Crippen molar-refractivity contribution in [2.75, 3.05) is 5.73 Å². The largest absolute Gasteiger partial charge is 0.399 e. The third kappa shape index (κ3) is 2.82. The molecule has 1 aliphatic carbocycles. The highest BCUT2D eigenvalue weighted by Crippen LogP contribution is 2.33. The zero-order valence-corrected chi connectivity index (χ0v) is 12.1. The first-order valence-corrected chi connectivity index (χ1v) is 7.35. The molecule has 0 saturated heterocycles. The smallest absolute Gasteiger partial charge is 0.0832 e. The molecular weight excluding hydrogens is 270 g/mol. The predicted octanol–water partition coefficient (Wildman–Crippen LogP) is 4.52. The number of hydrogen-bond donors (Lipinski definition) is 1. The van der Waals surface area contributed by atoms with Crippen molar-refractivity contribution in [1.82, 2.24) is 0 Å². The third-order valence-electron chi connectivity index (χ3n) is 3.83. The first-order valence-electron chi connectivity index (χ1n) is 6.97. The average Bonchev–Trinajstić information content (AvgIpc) is 2.46. The van der Waals surface area contributed by atoms with Crippen molar-refractivity contribution in [2.24, 2.45) is 0 Å². The maximum atomic E-state index is 6.19. The summed E-state index contributed by atoms with van der Waals surface area (Å²) in [5, 5.41) is 0.675. The van der Waals surface area contributed by atoms with Gasteiger partial charge in [0.05, 0.1) is 12.7 Å². The molecule has 20 heavy (non-hydrogen) atoms. The van der Waals surface area contributed by atoms with Crippen molar-refractivity contribution in [3.63, 3.8) is 0 Å². The summed E-state index contributed by atoms with van der Waals surface area (Å²) >= 11 is 6.19. The van der Waals surface area contributed by atoms with E-state index < -0.39 is 0 Å². The molecule has 0 fully saturated rings. The standard InChI is InChI=1S/C17H18ClNO/c18-16-10-14(19)9-8-13(16)11-20-17-7-3-5-12-4-1-2-6-15(12)17/h1-2,4,6,8-10,17H,3,5,7,11,19H2. The van der Waals surface area contributed by atoms with Crippen LogP contribution in [0.2, 0.25) is 5.02 Å². The van der Waals surface area contributed by atoms with Gasteiger partial charge in [-0.1, -0.05) is 41.9 Å². The Balaban J connectivity index is 1.73. The van der Waals surface area contributed by atoms with Crippen LogP contribution in [0.5, 0.6) is 0 Å². The van der Waals surface area contributed by atoms with E-state index in [1.807, 2.05) is 12.1 Å². The van der Waals surface area contributed by atoms with Crippen LogP contribution in [0.1, 0.15) is 35.6 Å². The van der Waals surface area contributed by atoms with Crippen molar-refractivity contribution < 1.29 is 4.74 Å². The molecule has 3 heteroatoms. The maximum Gasteiger partial charge on any atom is 0.0832 e. The van der Waals surface area contributed by atoms with Gasteiger partial charge in [0.2, 0.25) is 0 Å². The van der Waals surface area contributed by atoms with Gasteiger partial charge < -0.3 is 10.5 Å². The number of halogens is 1. The van der Waals surface area contributed by atoms with E-state index in [-0.39, 0.29) is 6.10 Å². The van der Waals surface area contributed by atoms with Gasteiger partial charge >= 0.3 is 0 Å². The van der Waals surface area contributed by atoms with Gasteiger partial charge in [-0.15, -0.1) is 0 Å². The van der Waals surface area contributed by atoms with E-state index in [1.165, 1.54) is 17.5 Å². The van der Waals surface area contributed by atoms with Crippen LogP contribution in [0.15, 0.2) is 42.5 Å². The van der Waals surface area contributed by atoms with E-state index >= 15 is 0 Å². The zero-order chi connectivity index (χ0) is 13.9. The van der Waals surface area contributed by atoms with Crippen LogP contribution in [-0.2, 0) is 17.8 Å². The van der Waals surface area contributed by atoms with E-state index in [0.29, 0.717) is 17.3 Å². The molecule has 2 nitrogen and oxygen atoms in total. The number of nitrogens with two attached hydrogens (primary N) is 1. The highest BCUT2D eigenvalue weighted by molar-refractivity contribution is 6.31. The van der Waals surface area contributed by atoms with Crippen molar-refractivity contribution in [1.29, 1.82) is 0 Å². The summed E-state index contributed by atoms with van der Waals surface area (Å²) in [5.41, 5.74) is 10.1. The fourth-order valence-electron chi connectivity index (χ4n) is 2.75. The Hall–Kier alpha value is -1.51. The lowest BCUT2D eigenvalue weighted by Crippen LogP contribution is -2.12. The van der Waals surface area contributed by atoms with Crippen LogP contribution < -0.4 is 5.73 Å². The summed E-state index contributed by atoms with van der Waals surface area (Å²) in [6.45, 7) is 0.526. The van der Waals surface area contributed by atoms with E-state index in [2.05, 4.69) is 24.3 Å². The minimum absolute atomic E-state index is 0.175. The number of rotatable bonds is 3. The minimum Gasteiger partial charge on any atom is -0.399 e. The molecule has 3 rings (SSSR count). The van der Waals surface area contributed by atoms with Gasteiger partial charge in [0.25, 0.3) is 0 Å². The fraction of sp³-hybridized carbons (Fsp3) is 0.294. The Morgan fingerprint density at radius 1 is 1.20 bits per heavy atom. The fourth-order valence-corrected chi connectivity index (χ4v) is 3.00. The first kappa shape index (κ1) is 13.5. The molecule has 0 amide bonds. The second-order valence-electron chi connectivity index (χ2n) is 5.24. The lowest BCUT2D eigenvalue weighted by molar-refractivity contribution is 0.0283. The number of anilines is 1. The van der Waals surface area contributed by atoms with Gasteiger partial charge in [-0.05, 0) is 48.1 Å². The predicted molar refractivity (Wildman–Crippen MR) is 82.8 cm³/mol. The van der Waals surface area contributed by atoms with Crippen molar-refractivity contribution >= 4 is 17.3 Å². The SMILES string of the molecule is Nc1ccc(COC2CCCc3ccccc32)c(Cl)c1. The maximum absolute atomic E-state index is 6.19. The van der Waals surface area contributed by atoms with Crippen molar-refractivity contribution in [2.45, 2.75) is 32.0 Å². The van der Waals surface area contributed by atoms with Gasteiger partial charge in [-0.2, -0.15) is 0 Å². The highest BCUT2D eigenvalue weighted by Gasteiger charge is 2.20. The molecule has 1 atom stereocenters. The number of aryl methyl sites for hydroxylation is 1. The average molecular weight is 288 g/mol. The minimum atomic E-state index is 0.175. The molecule has 0 aliphatic heterocycles. The lowest BCUT2D eigenvalue weighted by atomic mass is 9.89. The van der Waals surface area contributed by atoms with Crippen LogP contribution in [0, 0.1) is 0 Å². The normalized spacial score (nSPS) is 17.8. The summed E-state index contributed by atoms with van der Waals surface area (Å²) in [4.78, 5) is 0. The monoisotopic (exact) mass is 287 g/mol. The van der Waals surface area contributed by atoms with Crippen molar-refractivity contribution in [3.8, 4) is 0 Å². The topological polar surface area (TPSA) is 35.2 Å². The molecule has 2 aromatic carbocycles. The van der Waals surface area contributed by atoms with E-state index in [4.69, 9.17) is 22.1 Å². The van der Waals surface area contributed by atoms with Gasteiger partial charge in [-0.25, -0.2) is 0 Å². The Labute approximate surface area is 124 Å². The van der Waals surface area contributed by atoms with Gasteiger partial charge in [0.1, 0.15) is 0 Å². The van der Waals surface area contributed by atoms with Gasteiger partial charge in [0.15, 0.2) is 0 Å².